The van der Waals surface area contributed by atoms with Crippen LogP contribution in [0.4, 0.5) is 0 Å². The van der Waals surface area contributed by atoms with Gasteiger partial charge in [-0.2, -0.15) is 5.48 Å². The highest BCUT2D eigenvalue weighted by Crippen LogP contribution is 2.22. The summed E-state index contributed by atoms with van der Waals surface area (Å²) in [4.78, 5) is 44.6. The third-order valence-corrected chi connectivity index (χ3v) is 4.52. The van der Waals surface area contributed by atoms with E-state index in [1.54, 1.807) is 20.8 Å². The number of benzene rings is 1. The van der Waals surface area contributed by atoms with E-state index in [0.717, 1.165) is 16.5 Å². The molecule has 2 rings (SSSR count). The Labute approximate surface area is 170 Å². The van der Waals surface area contributed by atoms with E-state index in [0.29, 0.717) is 12.8 Å². The number of nitrogens with one attached hydrogen (secondary N) is 2. The number of carbonyl (C=O) groups excluding carboxylic acids is 3. The third-order valence-electron chi connectivity index (χ3n) is 4.52. The van der Waals surface area contributed by atoms with Gasteiger partial charge in [0.1, 0.15) is 5.60 Å². The number of aromatic amines is 1. The van der Waals surface area contributed by atoms with Crippen molar-refractivity contribution in [2.75, 3.05) is 6.54 Å². The van der Waals surface area contributed by atoms with Crippen molar-refractivity contribution in [2.45, 2.75) is 52.6 Å². The van der Waals surface area contributed by atoms with E-state index in [2.05, 4.69) is 4.98 Å². The van der Waals surface area contributed by atoms with Gasteiger partial charge in [-0.3, -0.25) is 9.59 Å². The van der Waals surface area contributed by atoms with E-state index in [1.807, 2.05) is 35.9 Å². The number of hydrogen-bond donors (Lipinski definition) is 3. The van der Waals surface area contributed by atoms with Crippen molar-refractivity contribution in [3.8, 4) is 0 Å². The van der Waals surface area contributed by atoms with E-state index < -0.39 is 28.9 Å². The number of esters is 1. The molecule has 0 aliphatic heterocycles. The van der Waals surface area contributed by atoms with Crippen LogP contribution in [0.15, 0.2) is 30.5 Å². The fourth-order valence-corrected chi connectivity index (χ4v) is 2.69. The van der Waals surface area contributed by atoms with Crippen molar-refractivity contribution < 1.29 is 24.0 Å². The van der Waals surface area contributed by atoms with Crippen LogP contribution in [0, 0.1) is 5.41 Å². The van der Waals surface area contributed by atoms with E-state index in [9.17, 15) is 14.4 Å². The second-order valence-electron chi connectivity index (χ2n) is 8.16. The predicted molar refractivity (Wildman–Crippen MR) is 108 cm³/mol. The van der Waals surface area contributed by atoms with Crippen LogP contribution >= 0.6 is 0 Å². The van der Waals surface area contributed by atoms with Gasteiger partial charge < -0.3 is 20.3 Å². The molecule has 0 saturated heterocycles. The van der Waals surface area contributed by atoms with Crippen LogP contribution in [0.1, 0.15) is 46.1 Å². The molecular weight excluding hydrogens is 374 g/mol. The number of hydroxylamine groups is 1. The lowest BCUT2D eigenvalue weighted by molar-refractivity contribution is -0.176. The molecule has 4 N–H and O–H groups in total. The Balaban J connectivity index is 1.82. The van der Waals surface area contributed by atoms with Crippen LogP contribution in [0.5, 0.6) is 0 Å². The zero-order valence-electron chi connectivity index (χ0n) is 17.3. The number of amides is 1. The highest BCUT2D eigenvalue weighted by atomic mass is 16.7. The smallest absolute Gasteiger partial charge is 0.332 e. The van der Waals surface area contributed by atoms with Crippen LogP contribution < -0.4 is 11.2 Å². The molecule has 1 aromatic carbocycles. The second-order valence-corrected chi connectivity index (χ2v) is 8.16. The van der Waals surface area contributed by atoms with Gasteiger partial charge in [0, 0.05) is 30.1 Å². The highest BCUT2D eigenvalue weighted by molar-refractivity contribution is 6.02. The van der Waals surface area contributed by atoms with Crippen LogP contribution in [0.3, 0.4) is 0 Å². The molecule has 1 heterocycles. The number of nitrogens with two attached hydrogens (primary N) is 1. The standard InChI is InChI=1S/C21H29N3O5/c1-20(2,3)28-19(27)21(4,13-22)18(26)24-29-17(25)11-7-8-14-12-23-16-10-6-5-9-15(14)16/h5-6,9-10,12,23H,7-8,11,13,22H2,1-4H3,(H,24,26)/t21-/m1/s1. The van der Waals surface area contributed by atoms with Gasteiger partial charge in [0.2, 0.25) is 0 Å². The number of H-pyrrole nitrogens is 1. The summed E-state index contributed by atoms with van der Waals surface area (Å²) in [6.07, 6.45) is 3.28. The number of ether oxygens (including phenoxy) is 1. The number of carbonyl (C=O) groups is 3. The van der Waals surface area contributed by atoms with Gasteiger partial charge in [-0.15, -0.1) is 0 Å². The first kappa shape index (κ1) is 22.4. The van der Waals surface area contributed by atoms with Gasteiger partial charge in [0.25, 0.3) is 5.91 Å². The first-order chi connectivity index (χ1) is 13.6. The quantitative estimate of drug-likeness (QED) is 0.370. The number of para-hydroxylation sites is 1. The van der Waals surface area contributed by atoms with Crippen molar-refractivity contribution >= 4 is 28.7 Å². The molecule has 0 spiro atoms. The SMILES string of the molecule is CC(C)(C)OC(=O)[C@](C)(CN)C(=O)NOC(=O)CCCc1c[nH]c2ccccc12. The first-order valence-corrected chi connectivity index (χ1v) is 9.55. The molecule has 0 saturated carbocycles. The molecule has 0 aliphatic carbocycles. The summed E-state index contributed by atoms with van der Waals surface area (Å²) in [6.45, 7) is 6.13. The molecule has 2 aromatic rings. The number of hydrogen-bond acceptors (Lipinski definition) is 6. The van der Waals surface area contributed by atoms with Crippen molar-refractivity contribution in [2.24, 2.45) is 11.1 Å². The minimum atomic E-state index is -1.66. The lowest BCUT2D eigenvalue weighted by atomic mass is 9.90. The van der Waals surface area contributed by atoms with Gasteiger partial charge >= 0.3 is 11.9 Å². The number of aryl methyl sites for hydroxylation is 1. The molecule has 0 radical (unpaired) electrons. The van der Waals surface area contributed by atoms with Crippen molar-refractivity contribution in [1.82, 2.24) is 10.5 Å². The van der Waals surface area contributed by atoms with Gasteiger partial charge in [0.05, 0.1) is 0 Å². The van der Waals surface area contributed by atoms with E-state index in [4.69, 9.17) is 15.3 Å². The topological polar surface area (TPSA) is 124 Å². The minimum absolute atomic E-state index is 0.117. The van der Waals surface area contributed by atoms with Crippen molar-refractivity contribution in [3.63, 3.8) is 0 Å². The Bertz CT molecular complexity index is 884. The van der Waals surface area contributed by atoms with E-state index in [1.165, 1.54) is 6.92 Å². The first-order valence-electron chi connectivity index (χ1n) is 9.55. The van der Waals surface area contributed by atoms with Crippen molar-refractivity contribution in [1.29, 1.82) is 0 Å². The summed E-state index contributed by atoms with van der Waals surface area (Å²) in [7, 11) is 0. The Kier molecular flexibility index (Phi) is 7.02. The maximum Gasteiger partial charge on any atom is 0.332 e. The molecule has 1 aromatic heterocycles. The predicted octanol–water partition coefficient (Wildman–Crippen LogP) is 2.37. The Morgan fingerprint density at radius 1 is 1.14 bits per heavy atom. The largest absolute Gasteiger partial charge is 0.459 e. The summed E-state index contributed by atoms with van der Waals surface area (Å²) < 4.78 is 5.24. The number of aromatic nitrogens is 1. The molecule has 0 unspecified atom stereocenters. The van der Waals surface area contributed by atoms with E-state index >= 15 is 0 Å². The molecule has 0 aliphatic rings. The molecule has 158 valence electrons. The van der Waals surface area contributed by atoms with Crippen LogP contribution in [-0.2, 0) is 30.4 Å². The Hall–Kier alpha value is -2.87. The average molecular weight is 403 g/mol. The normalized spacial score (nSPS) is 13.6. The minimum Gasteiger partial charge on any atom is -0.459 e. The lowest BCUT2D eigenvalue weighted by Crippen LogP contribution is -2.51. The van der Waals surface area contributed by atoms with Gasteiger partial charge in [0.15, 0.2) is 5.41 Å². The Morgan fingerprint density at radius 3 is 2.48 bits per heavy atom. The number of rotatable bonds is 7. The van der Waals surface area contributed by atoms with Gasteiger partial charge in [-0.05, 0) is 52.2 Å². The second kappa shape index (κ2) is 9.09. The van der Waals surface area contributed by atoms with Crippen LogP contribution in [0.2, 0.25) is 0 Å². The molecule has 0 fully saturated rings. The van der Waals surface area contributed by atoms with Gasteiger partial charge in [-0.25, -0.2) is 4.79 Å². The third kappa shape index (κ3) is 5.80. The molecule has 29 heavy (non-hydrogen) atoms. The summed E-state index contributed by atoms with van der Waals surface area (Å²) in [5.41, 5.74) is 7.37. The van der Waals surface area contributed by atoms with Crippen molar-refractivity contribution in [3.05, 3.63) is 36.0 Å². The summed E-state index contributed by atoms with van der Waals surface area (Å²) in [5.74, 6) is -2.19. The zero-order chi connectivity index (χ0) is 21.7. The molecule has 8 nitrogen and oxygen atoms in total. The van der Waals surface area contributed by atoms with E-state index in [-0.39, 0.29) is 13.0 Å². The lowest BCUT2D eigenvalue weighted by Gasteiger charge is -2.28. The number of fused-ring (bicyclic) bond motifs is 1. The van der Waals surface area contributed by atoms with Crippen LogP contribution in [-0.4, -0.2) is 35.0 Å². The maximum atomic E-state index is 12.4. The summed E-state index contributed by atoms with van der Waals surface area (Å²) in [5, 5.41) is 1.12. The van der Waals surface area contributed by atoms with Gasteiger partial charge in [-0.1, -0.05) is 18.2 Å². The fourth-order valence-electron chi connectivity index (χ4n) is 2.69. The maximum absolute atomic E-state index is 12.4. The fraction of sp³-hybridized carbons (Fsp3) is 0.476. The highest BCUT2D eigenvalue weighted by Gasteiger charge is 2.44. The Morgan fingerprint density at radius 2 is 1.83 bits per heavy atom. The zero-order valence-corrected chi connectivity index (χ0v) is 17.3. The van der Waals surface area contributed by atoms with Crippen LogP contribution in [0.25, 0.3) is 10.9 Å². The monoisotopic (exact) mass is 403 g/mol. The molecule has 8 heteroatoms. The molecular formula is C21H29N3O5. The molecule has 1 atom stereocenters. The summed E-state index contributed by atoms with van der Waals surface area (Å²) in [6, 6.07) is 7.92. The molecule has 0 bridgehead atoms. The summed E-state index contributed by atoms with van der Waals surface area (Å²) >= 11 is 0. The average Bonchev–Trinajstić information content (AvgIpc) is 3.07. The molecule has 1 amide bonds.